The minimum Gasteiger partial charge on any atom is -0.481 e. The van der Waals surface area contributed by atoms with Crippen molar-refractivity contribution in [1.82, 2.24) is 9.88 Å². The average molecular weight is 718 g/mol. The molecule has 262 valence electrons. The Hall–Kier alpha value is -3.98. The van der Waals surface area contributed by atoms with Crippen molar-refractivity contribution in [3.05, 3.63) is 135 Å². The molecule has 0 saturated carbocycles. The topological polar surface area (TPSA) is 94.7 Å². The van der Waals surface area contributed by atoms with Crippen LogP contribution in [0.25, 0.3) is 28.1 Å². The van der Waals surface area contributed by atoms with Gasteiger partial charge < -0.3 is 25.2 Å². The van der Waals surface area contributed by atoms with Gasteiger partial charge in [0.2, 0.25) is 0 Å². The Bertz CT molecular complexity index is 1960. The molecule has 9 heteroatoms. The number of hydrogen-bond donors (Lipinski definition) is 4. The number of aromatic nitrogens is 1. The predicted molar refractivity (Wildman–Crippen MR) is 201 cm³/mol. The summed E-state index contributed by atoms with van der Waals surface area (Å²) in [4.78, 5) is 10.7. The molecule has 0 bridgehead atoms. The zero-order valence-electron chi connectivity index (χ0n) is 28.4. The summed E-state index contributed by atoms with van der Waals surface area (Å²) in [5.74, 6) is -1.02. The Kier molecular flexibility index (Phi) is 12.5. The highest BCUT2D eigenvalue weighted by Gasteiger charge is 2.27. The molecule has 4 atom stereocenters. The van der Waals surface area contributed by atoms with Gasteiger partial charge in [-0.3, -0.25) is 4.79 Å². The zero-order valence-corrected chi connectivity index (χ0v) is 29.9. The molecule has 4 aromatic carbocycles. The second-order valence-electron chi connectivity index (χ2n) is 12.9. The third kappa shape index (κ3) is 8.66. The zero-order chi connectivity index (χ0) is 35.9. The molecule has 1 heterocycles. The third-order valence-corrected chi connectivity index (χ3v) is 9.92. The maximum atomic E-state index is 13.5. The van der Waals surface area contributed by atoms with Crippen LogP contribution in [0.2, 0.25) is 10.0 Å². The quantitative estimate of drug-likeness (QED) is 0.115. The fourth-order valence-corrected chi connectivity index (χ4v) is 7.24. The highest BCUT2D eigenvalue weighted by molar-refractivity contribution is 6.42. The molecular formula is C41H43Cl2FN2O4. The summed E-state index contributed by atoms with van der Waals surface area (Å²) in [5.41, 5.74) is 7.70. The van der Waals surface area contributed by atoms with Crippen LogP contribution in [0.5, 0.6) is 0 Å². The molecule has 0 amide bonds. The van der Waals surface area contributed by atoms with Gasteiger partial charge in [-0.1, -0.05) is 89.9 Å². The van der Waals surface area contributed by atoms with Gasteiger partial charge >= 0.3 is 5.97 Å². The number of fused-ring (bicyclic) bond motifs is 2. The first-order chi connectivity index (χ1) is 24.0. The average Bonchev–Trinajstić information content (AvgIpc) is 3.43. The van der Waals surface area contributed by atoms with E-state index in [2.05, 4.69) is 54.1 Å². The Labute approximate surface area is 302 Å². The van der Waals surface area contributed by atoms with Gasteiger partial charge in [-0.15, -0.1) is 0 Å². The number of halogens is 3. The SMILES string of the molecule is CC(C)n1c(/C=C/[C@H](O)C[C@H](O)CC(=O)O)c(-c2ccc(F)cc2)c2ccccc21.CN[C@H]1CC[C@@H](c2ccc(Cl)c(Cl)c2)c2ccccc21. The number of nitrogens with zero attached hydrogens (tertiary/aromatic N) is 1. The van der Waals surface area contributed by atoms with Crippen molar-refractivity contribution in [3.8, 4) is 11.1 Å². The number of rotatable bonds is 10. The van der Waals surface area contributed by atoms with Gasteiger partial charge in [0.1, 0.15) is 5.82 Å². The van der Waals surface area contributed by atoms with Crippen LogP contribution in [0.1, 0.15) is 79.9 Å². The Morgan fingerprint density at radius 1 is 0.940 bits per heavy atom. The molecule has 5 aromatic rings. The molecule has 50 heavy (non-hydrogen) atoms. The van der Waals surface area contributed by atoms with E-state index in [0.717, 1.165) is 40.6 Å². The van der Waals surface area contributed by atoms with E-state index < -0.39 is 24.6 Å². The third-order valence-electron chi connectivity index (χ3n) is 9.18. The molecule has 1 aromatic heterocycles. The van der Waals surface area contributed by atoms with Crippen molar-refractivity contribution in [2.45, 2.75) is 69.7 Å². The smallest absolute Gasteiger partial charge is 0.305 e. The highest BCUT2D eigenvalue weighted by atomic mass is 35.5. The largest absolute Gasteiger partial charge is 0.481 e. The minimum absolute atomic E-state index is 0.0728. The van der Waals surface area contributed by atoms with Crippen LogP contribution in [-0.2, 0) is 4.79 Å². The number of aliphatic hydroxyl groups is 2. The second-order valence-corrected chi connectivity index (χ2v) is 13.7. The van der Waals surface area contributed by atoms with E-state index in [1.54, 1.807) is 24.3 Å². The molecule has 0 aliphatic heterocycles. The summed E-state index contributed by atoms with van der Waals surface area (Å²) >= 11 is 12.2. The van der Waals surface area contributed by atoms with Gasteiger partial charge in [0, 0.05) is 46.6 Å². The molecule has 6 rings (SSSR count). The van der Waals surface area contributed by atoms with Crippen molar-refractivity contribution in [3.63, 3.8) is 0 Å². The van der Waals surface area contributed by atoms with Crippen molar-refractivity contribution < 1.29 is 24.5 Å². The van der Waals surface area contributed by atoms with E-state index >= 15 is 0 Å². The molecule has 0 unspecified atom stereocenters. The first-order valence-electron chi connectivity index (χ1n) is 16.8. The maximum absolute atomic E-state index is 13.5. The number of carbonyl (C=O) groups is 1. The Balaban J connectivity index is 0.000000210. The summed E-state index contributed by atoms with van der Waals surface area (Å²) in [5, 5.41) is 34.5. The lowest BCUT2D eigenvalue weighted by atomic mass is 9.77. The van der Waals surface area contributed by atoms with E-state index in [4.69, 9.17) is 28.3 Å². The fourth-order valence-electron chi connectivity index (χ4n) is 6.93. The minimum atomic E-state index is -1.13. The molecule has 0 fully saturated rings. The molecule has 6 nitrogen and oxygen atoms in total. The van der Waals surface area contributed by atoms with Crippen LogP contribution in [0.4, 0.5) is 4.39 Å². The second kappa shape index (κ2) is 16.8. The predicted octanol–water partition coefficient (Wildman–Crippen LogP) is 9.81. The molecule has 1 aliphatic carbocycles. The van der Waals surface area contributed by atoms with Crippen molar-refractivity contribution >= 4 is 46.2 Å². The van der Waals surface area contributed by atoms with E-state index in [0.29, 0.717) is 22.0 Å². The number of hydrogen-bond acceptors (Lipinski definition) is 4. The van der Waals surface area contributed by atoms with Crippen LogP contribution < -0.4 is 5.32 Å². The van der Waals surface area contributed by atoms with Gasteiger partial charge in [-0.25, -0.2) is 4.39 Å². The molecule has 1 aliphatic rings. The highest BCUT2D eigenvalue weighted by Crippen LogP contribution is 2.42. The lowest BCUT2D eigenvalue weighted by Crippen LogP contribution is -2.24. The molecular weight excluding hydrogens is 674 g/mol. The van der Waals surface area contributed by atoms with Gasteiger partial charge in [0.15, 0.2) is 0 Å². The number of nitrogens with one attached hydrogen (secondary N) is 1. The standard InChI is InChI=1S/C24H26FNO4.C17H17Cl2N/c1-15(2)26-21-6-4-3-5-20(21)24(16-7-9-17(25)10-8-16)22(26)12-11-18(27)13-19(28)14-23(29)30;1-20-17-9-7-12(13-4-2-3-5-14(13)17)11-6-8-15(18)16(19)10-11/h3-12,15,18-19,27-28H,13-14H2,1-2H3,(H,29,30);2-6,8,10,12,17,20H,7,9H2,1H3/b12-11+;/t18-,19-;12-,17-/m00/s1. The van der Waals surface area contributed by atoms with Crippen LogP contribution in [0.15, 0.2) is 97.1 Å². The van der Waals surface area contributed by atoms with Crippen molar-refractivity contribution in [2.75, 3.05) is 7.05 Å². The number of para-hydroxylation sites is 1. The van der Waals surface area contributed by atoms with Crippen molar-refractivity contribution in [2.24, 2.45) is 0 Å². The molecule has 4 N–H and O–H groups in total. The maximum Gasteiger partial charge on any atom is 0.305 e. The van der Waals surface area contributed by atoms with Gasteiger partial charge in [-0.2, -0.15) is 0 Å². The lowest BCUT2D eigenvalue weighted by molar-refractivity contribution is -0.139. The number of aliphatic carboxylic acids is 1. The summed E-state index contributed by atoms with van der Waals surface area (Å²) in [6.45, 7) is 4.12. The Morgan fingerprint density at radius 2 is 1.62 bits per heavy atom. The van der Waals surface area contributed by atoms with Crippen molar-refractivity contribution in [1.29, 1.82) is 0 Å². The number of benzene rings is 4. The van der Waals surface area contributed by atoms with Crippen LogP contribution >= 0.6 is 23.2 Å². The van der Waals surface area contributed by atoms with E-state index in [-0.39, 0.29) is 18.3 Å². The number of aliphatic hydroxyl groups excluding tert-OH is 2. The van der Waals surface area contributed by atoms with Crippen LogP contribution in [-0.4, -0.2) is 45.1 Å². The lowest BCUT2D eigenvalue weighted by Gasteiger charge is -2.32. The van der Waals surface area contributed by atoms with Gasteiger partial charge in [0.25, 0.3) is 0 Å². The molecule has 0 spiro atoms. The summed E-state index contributed by atoms with van der Waals surface area (Å²) in [6.07, 6.45) is 2.99. The monoisotopic (exact) mass is 716 g/mol. The first kappa shape index (κ1) is 37.3. The van der Waals surface area contributed by atoms with Gasteiger partial charge in [0.05, 0.1) is 28.7 Å². The fraction of sp³-hybridized carbons (Fsp3) is 0.293. The first-order valence-corrected chi connectivity index (χ1v) is 17.6. The number of carboxylic acids is 1. The summed E-state index contributed by atoms with van der Waals surface area (Å²) in [6, 6.07) is 29.5. The van der Waals surface area contributed by atoms with Gasteiger partial charge in [-0.05, 0) is 92.4 Å². The Morgan fingerprint density at radius 3 is 2.28 bits per heavy atom. The number of carboxylic acid groups (broad SMARTS) is 1. The molecule has 0 radical (unpaired) electrons. The summed E-state index contributed by atoms with van der Waals surface area (Å²) < 4.78 is 15.6. The van der Waals surface area contributed by atoms with E-state index in [1.807, 2.05) is 43.4 Å². The van der Waals surface area contributed by atoms with E-state index in [1.165, 1.54) is 28.8 Å². The van der Waals surface area contributed by atoms with E-state index in [9.17, 15) is 19.4 Å². The van der Waals surface area contributed by atoms with Crippen LogP contribution in [0.3, 0.4) is 0 Å². The normalized spacial score (nSPS) is 17.0. The van der Waals surface area contributed by atoms with Crippen LogP contribution in [0, 0.1) is 5.82 Å². The summed E-state index contributed by atoms with van der Waals surface area (Å²) in [7, 11) is 2.03. The molecule has 0 saturated heterocycles.